The van der Waals surface area contributed by atoms with Gasteiger partial charge in [0.25, 0.3) is 0 Å². The van der Waals surface area contributed by atoms with Gasteiger partial charge in [0.1, 0.15) is 0 Å². The van der Waals surface area contributed by atoms with Crippen molar-refractivity contribution in [3.05, 3.63) is 35.9 Å². The monoisotopic (exact) mass is 493 g/mol. The minimum atomic E-state index is -1.50. The Morgan fingerprint density at radius 2 is 1.69 bits per heavy atom. The second kappa shape index (κ2) is 14.3. The fourth-order valence-corrected chi connectivity index (χ4v) is 4.37. The number of aryl methyl sites for hydroxylation is 1. The normalized spacial score (nSPS) is 24.3. The van der Waals surface area contributed by atoms with Crippen molar-refractivity contribution in [3.8, 4) is 0 Å². The summed E-state index contributed by atoms with van der Waals surface area (Å²) in [6.07, 6.45) is 4.78. The Morgan fingerprint density at radius 3 is 2.14 bits per heavy atom. The van der Waals surface area contributed by atoms with Gasteiger partial charge in [0.15, 0.2) is 5.79 Å². The topological polar surface area (TPSA) is 106 Å². The molecule has 2 atom stereocenters. The molecule has 3 heterocycles. The SMILES string of the molecule is CC(C)(O)O.CC1(NCC(=O)N2CCCC2)CCN(CC2OCCC2O)CC1.Cc1ccccc1. The molecule has 0 aromatic heterocycles. The van der Waals surface area contributed by atoms with Gasteiger partial charge in [0, 0.05) is 31.8 Å². The van der Waals surface area contributed by atoms with E-state index >= 15 is 0 Å². The first-order chi connectivity index (χ1) is 16.5. The molecule has 35 heavy (non-hydrogen) atoms. The van der Waals surface area contributed by atoms with Crippen molar-refractivity contribution < 1.29 is 24.9 Å². The van der Waals surface area contributed by atoms with E-state index in [1.54, 1.807) is 0 Å². The molecule has 1 aromatic rings. The standard InChI is InChI=1S/C17H31N3O3.C7H8.C3H8O2/c1-17(18-12-16(22)20-7-2-3-8-20)5-9-19(10-6-17)13-15-14(21)4-11-23-15;1-7-5-3-2-4-6-7;1-3(2,4)5/h14-15,18,21H,2-13H2,1H3;2-6H,1H3;4-5H,1-2H3. The molecule has 1 amide bonds. The molecule has 0 bridgehead atoms. The molecule has 0 aliphatic carbocycles. The third kappa shape index (κ3) is 12.3. The Balaban J connectivity index is 0.000000296. The van der Waals surface area contributed by atoms with E-state index in [2.05, 4.69) is 36.2 Å². The smallest absolute Gasteiger partial charge is 0.236 e. The molecule has 3 saturated heterocycles. The van der Waals surface area contributed by atoms with E-state index in [-0.39, 0.29) is 23.7 Å². The summed E-state index contributed by atoms with van der Waals surface area (Å²) in [5.41, 5.74) is 1.36. The molecule has 8 heteroatoms. The van der Waals surface area contributed by atoms with Gasteiger partial charge in [0.2, 0.25) is 5.91 Å². The van der Waals surface area contributed by atoms with E-state index in [9.17, 15) is 9.90 Å². The lowest BCUT2D eigenvalue weighted by atomic mass is 9.89. The summed E-state index contributed by atoms with van der Waals surface area (Å²) in [5, 5.41) is 29.5. The highest BCUT2D eigenvalue weighted by atomic mass is 16.5. The first kappa shape index (κ1) is 29.7. The quantitative estimate of drug-likeness (QED) is 0.465. The number of hydrogen-bond donors (Lipinski definition) is 4. The van der Waals surface area contributed by atoms with Gasteiger partial charge < -0.3 is 35.2 Å². The van der Waals surface area contributed by atoms with Gasteiger partial charge in [-0.05, 0) is 72.9 Å². The van der Waals surface area contributed by atoms with Crippen LogP contribution in [0, 0.1) is 6.92 Å². The summed E-state index contributed by atoms with van der Waals surface area (Å²) in [6, 6.07) is 10.3. The molecule has 4 rings (SSSR count). The molecule has 4 N–H and O–H groups in total. The molecule has 2 unspecified atom stereocenters. The first-order valence-electron chi connectivity index (χ1n) is 13.0. The molecule has 200 valence electrons. The highest BCUT2D eigenvalue weighted by molar-refractivity contribution is 5.78. The maximum Gasteiger partial charge on any atom is 0.236 e. The van der Waals surface area contributed by atoms with Gasteiger partial charge in [-0.15, -0.1) is 0 Å². The molecule has 3 fully saturated rings. The van der Waals surface area contributed by atoms with Crippen molar-refractivity contribution in [2.75, 3.05) is 45.9 Å². The van der Waals surface area contributed by atoms with Crippen LogP contribution < -0.4 is 5.32 Å². The van der Waals surface area contributed by atoms with Crippen LogP contribution in [0.1, 0.15) is 58.4 Å². The lowest BCUT2D eigenvalue weighted by Gasteiger charge is -2.41. The zero-order chi connectivity index (χ0) is 25.9. The van der Waals surface area contributed by atoms with Crippen molar-refractivity contribution in [2.24, 2.45) is 0 Å². The molecule has 8 nitrogen and oxygen atoms in total. The zero-order valence-corrected chi connectivity index (χ0v) is 22.1. The Kier molecular flexibility index (Phi) is 12.1. The molecular weight excluding hydrogens is 446 g/mol. The molecule has 0 radical (unpaired) electrons. The van der Waals surface area contributed by atoms with E-state index in [4.69, 9.17) is 14.9 Å². The van der Waals surface area contributed by atoms with Crippen LogP contribution in [-0.4, -0.2) is 100 Å². The Bertz CT molecular complexity index is 720. The third-order valence-corrected chi connectivity index (χ3v) is 6.64. The number of amides is 1. The van der Waals surface area contributed by atoms with Gasteiger partial charge in [-0.1, -0.05) is 35.9 Å². The van der Waals surface area contributed by atoms with Crippen molar-refractivity contribution in [2.45, 2.75) is 83.3 Å². The number of rotatable bonds is 5. The van der Waals surface area contributed by atoms with Crippen molar-refractivity contribution in [1.82, 2.24) is 15.1 Å². The number of carbonyl (C=O) groups excluding carboxylic acids is 1. The number of aliphatic hydroxyl groups is 3. The second-order valence-corrected chi connectivity index (χ2v) is 10.7. The minimum Gasteiger partial charge on any atom is -0.390 e. The minimum absolute atomic E-state index is 0.0240. The average Bonchev–Trinajstić information content (AvgIpc) is 3.46. The summed E-state index contributed by atoms with van der Waals surface area (Å²) in [6.45, 7) is 12.7. The Hall–Kier alpha value is -1.55. The lowest BCUT2D eigenvalue weighted by molar-refractivity contribution is -0.130. The van der Waals surface area contributed by atoms with Gasteiger partial charge in [-0.25, -0.2) is 0 Å². The number of nitrogens with one attached hydrogen (secondary N) is 1. The first-order valence-corrected chi connectivity index (χ1v) is 13.0. The lowest BCUT2D eigenvalue weighted by Crippen LogP contribution is -2.55. The number of benzene rings is 1. The predicted octanol–water partition coefficient (Wildman–Crippen LogP) is 1.90. The highest BCUT2D eigenvalue weighted by Gasteiger charge is 2.34. The molecule has 1 aromatic carbocycles. The number of piperidine rings is 1. The van der Waals surface area contributed by atoms with Gasteiger partial charge in [0.05, 0.1) is 18.8 Å². The highest BCUT2D eigenvalue weighted by Crippen LogP contribution is 2.23. The van der Waals surface area contributed by atoms with Gasteiger partial charge in [-0.3, -0.25) is 4.79 Å². The van der Waals surface area contributed by atoms with Crippen LogP contribution in [0.15, 0.2) is 30.3 Å². The zero-order valence-electron chi connectivity index (χ0n) is 22.1. The fourth-order valence-electron chi connectivity index (χ4n) is 4.37. The number of ether oxygens (including phenoxy) is 1. The molecule has 0 spiro atoms. The van der Waals surface area contributed by atoms with E-state index in [1.807, 2.05) is 23.1 Å². The average molecular weight is 494 g/mol. The number of likely N-dealkylation sites (tertiary alicyclic amines) is 2. The van der Waals surface area contributed by atoms with Gasteiger partial charge in [-0.2, -0.15) is 0 Å². The summed E-state index contributed by atoms with van der Waals surface area (Å²) in [5.74, 6) is -1.26. The number of nitrogens with zero attached hydrogens (tertiary/aromatic N) is 2. The van der Waals surface area contributed by atoms with Crippen molar-refractivity contribution in [3.63, 3.8) is 0 Å². The molecule has 3 aliphatic heterocycles. The van der Waals surface area contributed by atoms with Crippen LogP contribution in [0.5, 0.6) is 0 Å². The van der Waals surface area contributed by atoms with Crippen molar-refractivity contribution >= 4 is 5.91 Å². The maximum atomic E-state index is 12.2. The second-order valence-electron chi connectivity index (χ2n) is 10.7. The summed E-state index contributed by atoms with van der Waals surface area (Å²) < 4.78 is 5.60. The van der Waals surface area contributed by atoms with E-state index in [1.165, 1.54) is 19.4 Å². The molecular formula is C27H47N3O5. The molecule has 3 aliphatic rings. The van der Waals surface area contributed by atoms with Gasteiger partial charge >= 0.3 is 0 Å². The van der Waals surface area contributed by atoms with E-state index in [0.717, 1.165) is 64.8 Å². The van der Waals surface area contributed by atoms with Crippen LogP contribution in [0.2, 0.25) is 0 Å². The maximum absolute atomic E-state index is 12.2. The largest absolute Gasteiger partial charge is 0.390 e. The third-order valence-electron chi connectivity index (χ3n) is 6.64. The van der Waals surface area contributed by atoms with Crippen LogP contribution in [0.25, 0.3) is 0 Å². The predicted molar refractivity (Wildman–Crippen MR) is 138 cm³/mol. The Morgan fingerprint density at radius 1 is 1.11 bits per heavy atom. The van der Waals surface area contributed by atoms with E-state index < -0.39 is 5.79 Å². The molecule has 0 saturated carbocycles. The Labute approximate surface area is 211 Å². The van der Waals surface area contributed by atoms with Crippen molar-refractivity contribution in [1.29, 1.82) is 0 Å². The van der Waals surface area contributed by atoms with Crippen LogP contribution in [-0.2, 0) is 9.53 Å². The summed E-state index contributed by atoms with van der Waals surface area (Å²) in [7, 11) is 0. The number of carbonyl (C=O) groups is 1. The summed E-state index contributed by atoms with van der Waals surface area (Å²) >= 11 is 0. The van der Waals surface area contributed by atoms with E-state index in [0.29, 0.717) is 13.2 Å². The number of aliphatic hydroxyl groups excluding tert-OH is 1. The van der Waals surface area contributed by atoms with Crippen LogP contribution >= 0.6 is 0 Å². The number of hydrogen-bond acceptors (Lipinski definition) is 7. The van der Waals surface area contributed by atoms with Crippen LogP contribution in [0.4, 0.5) is 0 Å². The summed E-state index contributed by atoms with van der Waals surface area (Å²) in [4.78, 5) is 16.5. The van der Waals surface area contributed by atoms with Crippen LogP contribution in [0.3, 0.4) is 0 Å². The fraction of sp³-hybridized carbons (Fsp3) is 0.741.